The average molecular weight is 993 g/mol. The molecule has 0 unspecified atom stereocenters. The zero-order chi connectivity index (χ0) is 39.1. The van der Waals surface area contributed by atoms with Crippen molar-refractivity contribution in [1.82, 2.24) is 24.5 Å². The molecule has 3 aromatic carbocycles. The first-order valence-corrected chi connectivity index (χ1v) is 27.8. The van der Waals surface area contributed by atoms with Gasteiger partial charge in [0.15, 0.2) is 0 Å². The van der Waals surface area contributed by atoms with E-state index in [0.29, 0.717) is 11.6 Å². The van der Waals surface area contributed by atoms with Crippen LogP contribution in [0, 0.1) is 31.9 Å². The predicted octanol–water partition coefficient (Wildman–Crippen LogP) is 12.3. The molecule has 1 radical (unpaired) electrons. The van der Waals surface area contributed by atoms with Crippen molar-refractivity contribution in [3.8, 4) is 22.6 Å². The number of rotatable bonds is 7. The normalized spacial score (nSPS) is 13.7. The van der Waals surface area contributed by atoms with E-state index in [4.69, 9.17) is 19.4 Å². The molecule has 0 N–H and O–H groups in total. The van der Waals surface area contributed by atoms with E-state index in [9.17, 15) is 0 Å². The number of aromatic nitrogens is 5. The average Bonchev–Trinajstić information content (AvgIpc) is 3.76. The Morgan fingerprint density at radius 2 is 1.61 bits per heavy atom. The molecule has 8 aromatic rings. The first kappa shape index (κ1) is 41.0. The Labute approximate surface area is 353 Å². The van der Waals surface area contributed by atoms with Gasteiger partial charge in [0.2, 0.25) is 5.71 Å². The largest absolute Gasteiger partial charge is 0.486 e. The van der Waals surface area contributed by atoms with Gasteiger partial charge in [-0.15, -0.1) is 18.2 Å². The maximum absolute atomic E-state index is 6.21. The molecule has 9 rings (SSSR count). The molecule has 6 nitrogen and oxygen atoms in total. The SMILES string of the molecule is CC(C)Cc1cc(-c2[c-]cc(C3CCCCC3)cc2)nc[c]1[Ge]([CH3])([CH3])[CH3].CCn1c(-c2[c-]ccc3c2oc2nc(C)ccc23)nc2ccc3ccc(C)nc3c21.[Ir]. The molecule has 295 valence electrons. The fourth-order valence-electron chi connectivity index (χ4n) is 8.49. The van der Waals surface area contributed by atoms with Crippen molar-refractivity contribution >= 4 is 61.7 Å². The fourth-order valence-corrected chi connectivity index (χ4v) is 11.8. The molecule has 1 aliphatic rings. The van der Waals surface area contributed by atoms with Crippen LogP contribution < -0.4 is 4.40 Å². The molecule has 1 fully saturated rings. The Hall–Kier alpha value is -4.17. The van der Waals surface area contributed by atoms with Crippen LogP contribution in [-0.4, -0.2) is 37.8 Å². The van der Waals surface area contributed by atoms with Gasteiger partial charge in [-0.3, -0.25) is 9.97 Å². The minimum atomic E-state index is -1.90. The van der Waals surface area contributed by atoms with Crippen molar-refractivity contribution in [3.63, 3.8) is 0 Å². The number of benzene rings is 3. The molecular weight excluding hydrogens is 939 g/mol. The molecule has 0 bridgehead atoms. The van der Waals surface area contributed by atoms with Gasteiger partial charge in [0, 0.05) is 48.8 Å². The van der Waals surface area contributed by atoms with Gasteiger partial charge in [-0.2, -0.15) is 0 Å². The summed E-state index contributed by atoms with van der Waals surface area (Å²) in [6.07, 6.45) is 10.2. The number of hydrogen-bond acceptors (Lipinski definition) is 5. The van der Waals surface area contributed by atoms with Crippen LogP contribution in [0.4, 0.5) is 0 Å². The summed E-state index contributed by atoms with van der Waals surface area (Å²) >= 11 is -1.90. The number of aryl methyl sites for hydroxylation is 3. The van der Waals surface area contributed by atoms with Gasteiger partial charge in [-0.05, 0) is 45.0 Å². The molecule has 0 amide bonds. The van der Waals surface area contributed by atoms with Gasteiger partial charge in [0.05, 0.1) is 28.0 Å². The van der Waals surface area contributed by atoms with Crippen LogP contribution in [0.15, 0.2) is 83.4 Å². The molecule has 5 heterocycles. The fraction of sp³-hybridized carbons (Fsp3) is 0.347. The van der Waals surface area contributed by atoms with Gasteiger partial charge in [0.1, 0.15) is 0 Å². The summed E-state index contributed by atoms with van der Waals surface area (Å²) in [5, 5.41) is 3.15. The van der Waals surface area contributed by atoms with Crippen LogP contribution in [0.1, 0.15) is 81.3 Å². The molecule has 1 aliphatic carbocycles. The topological polar surface area (TPSA) is 69.6 Å². The van der Waals surface area contributed by atoms with Crippen molar-refractivity contribution in [2.75, 3.05) is 0 Å². The third-order valence-electron chi connectivity index (χ3n) is 11.3. The first-order chi connectivity index (χ1) is 27.0. The zero-order valence-electron chi connectivity index (χ0n) is 34.6. The summed E-state index contributed by atoms with van der Waals surface area (Å²) in [6, 6.07) is 32.4. The summed E-state index contributed by atoms with van der Waals surface area (Å²) in [5.41, 5.74) is 12.3. The summed E-state index contributed by atoms with van der Waals surface area (Å²) in [6.45, 7) is 11.5. The van der Waals surface area contributed by atoms with Crippen molar-refractivity contribution in [2.45, 2.75) is 103 Å². The standard InChI is InChI=1S/C25H19N4O.C24H34GeN.Ir/c1-4-29-22-20(13-11-16-10-8-14(2)26-21(16)22)28-24(29)19-7-5-6-17-18-12-9-15(3)27-25(18)30-23(17)19;1-18(2)15-22-16-24(26-17-23(22)25(3,4)5)21-13-11-20(12-14-21)19-9-7-6-8-10-19;/h5-6,8-13H,4H2,1-3H3;11-13,16-19H,6-10,15H2,1-5H3;/q2*-1;. The van der Waals surface area contributed by atoms with E-state index in [2.05, 4.69) is 114 Å². The third-order valence-corrected chi connectivity index (χ3v) is 15.6. The van der Waals surface area contributed by atoms with E-state index in [-0.39, 0.29) is 20.1 Å². The Morgan fingerprint density at radius 3 is 2.33 bits per heavy atom. The molecule has 0 saturated heterocycles. The summed E-state index contributed by atoms with van der Waals surface area (Å²) in [5.74, 6) is 9.65. The van der Waals surface area contributed by atoms with Crippen LogP contribution >= 0.6 is 0 Å². The maximum atomic E-state index is 6.21. The smallest absolute Gasteiger partial charge is 0.216 e. The van der Waals surface area contributed by atoms with Crippen molar-refractivity contribution in [1.29, 1.82) is 0 Å². The summed E-state index contributed by atoms with van der Waals surface area (Å²) < 4.78 is 9.98. The van der Waals surface area contributed by atoms with E-state index in [1.54, 1.807) is 4.40 Å². The number of fused-ring (bicyclic) bond motifs is 6. The van der Waals surface area contributed by atoms with Gasteiger partial charge in [-0.25, -0.2) is 4.98 Å². The Balaban J connectivity index is 0.000000173. The second-order valence-electron chi connectivity index (χ2n) is 17.1. The second-order valence-corrected chi connectivity index (χ2v) is 27.7. The quantitative estimate of drug-likeness (QED) is 0.118. The van der Waals surface area contributed by atoms with Crippen molar-refractivity contribution in [3.05, 3.63) is 114 Å². The maximum Gasteiger partial charge on any atom is 0.216 e. The Morgan fingerprint density at radius 1 is 0.860 bits per heavy atom. The van der Waals surface area contributed by atoms with Crippen molar-refractivity contribution in [2.24, 2.45) is 5.92 Å². The predicted molar refractivity (Wildman–Crippen MR) is 235 cm³/mol. The monoisotopic (exact) mass is 994 g/mol. The third kappa shape index (κ3) is 8.39. The van der Waals surface area contributed by atoms with E-state index >= 15 is 0 Å². The molecule has 0 aliphatic heterocycles. The van der Waals surface area contributed by atoms with Crippen LogP contribution in [0.25, 0.3) is 66.7 Å². The summed E-state index contributed by atoms with van der Waals surface area (Å²) in [4.78, 5) is 19.2. The summed E-state index contributed by atoms with van der Waals surface area (Å²) in [7, 11) is 0. The van der Waals surface area contributed by atoms with E-state index in [1.165, 1.54) is 43.2 Å². The van der Waals surface area contributed by atoms with Crippen LogP contribution in [0.3, 0.4) is 0 Å². The van der Waals surface area contributed by atoms with Gasteiger partial charge < -0.3 is 8.98 Å². The number of imidazole rings is 1. The minimum Gasteiger partial charge on any atom is -0.486 e. The first-order valence-electron chi connectivity index (χ1n) is 20.5. The van der Waals surface area contributed by atoms with Crippen LogP contribution in [-0.2, 0) is 33.1 Å². The van der Waals surface area contributed by atoms with Crippen LogP contribution in [0.2, 0.25) is 17.3 Å². The van der Waals surface area contributed by atoms with Crippen LogP contribution in [0.5, 0.6) is 0 Å². The number of pyridine rings is 3. The van der Waals surface area contributed by atoms with Gasteiger partial charge in [-0.1, -0.05) is 23.1 Å². The number of nitrogens with zero attached hydrogens (tertiary/aromatic N) is 5. The van der Waals surface area contributed by atoms with E-state index in [1.807, 2.05) is 38.1 Å². The van der Waals surface area contributed by atoms with E-state index in [0.717, 1.165) is 91.2 Å². The number of hydrogen-bond donors (Lipinski definition) is 0. The molecule has 1 saturated carbocycles. The van der Waals surface area contributed by atoms with Crippen molar-refractivity contribution < 1.29 is 24.5 Å². The Kier molecular flexibility index (Phi) is 12.2. The Bertz CT molecular complexity index is 2680. The second kappa shape index (κ2) is 17.0. The molecule has 0 atom stereocenters. The van der Waals surface area contributed by atoms with E-state index < -0.39 is 13.3 Å². The zero-order valence-corrected chi connectivity index (χ0v) is 39.1. The molecular formula is C49H53GeIrN5O-2. The molecule has 5 aromatic heterocycles. The van der Waals surface area contributed by atoms with Gasteiger partial charge in [0.25, 0.3) is 0 Å². The molecule has 0 spiro atoms. The number of furan rings is 1. The minimum absolute atomic E-state index is 0. The molecule has 57 heavy (non-hydrogen) atoms. The van der Waals surface area contributed by atoms with Gasteiger partial charge >= 0.3 is 163 Å². The molecule has 8 heteroatoms.